The van der Waals surface area contributed by atoms with E-state index in [1.807, 2.05) is 0 Å². The van der Waals surface area contributed by atoms with Gasteiger partial charge >= 0.3 is 0 Å². The Morgan fingerprint density at radius 1 is 1.33 bits per heavy atom. The van der Waals surface area contributed by atoms with Gasteiger partial charge in [0.05, 0.1) is 5.60 Å². The SMILES string of the molecule is COCC(C)CNC1CCOC2(CCOCC2)C1. The summed E-state index contributed by atoms with van der Waals surface area (Å²) in [7, 11) is 1.77. The molecule has 2 atom stereocenters. The lowest BCUT2D eigenvalue weighted by molar-refractivity contribution is -0.140. The molecule has 4 heteroatoms. The van der Waals surface area contributed by atoms with E-state index in [0.29, 0.717) is 12.0 Å². The predicted octanol–water partition coefficient (Wildman–Crippen LogP) is 1.59. The Bertz CT molecular complexity index is 236. The summed E-state index contributed by atoms with van der Waals surface area (Å²) in [5.41, 5.74) is 0.0959. The fraction of sp³-hybridized carbons (Fsp3) is 1.00. The van der Waals surface area contributed by atoms with E-state index < -0.39 is 0 Å². The molecule has 4 nitrogen and oxygen atoms in total. The third-order valence-electron chi connectivity index (χ3n) is 4.10. The minimum atomic E-state index is 0.0959. The van der Waals surface area contributed by atoms with Crippen LogP contribution in [0.5, 0.6) is 0 Å². The van der Waals surface area contributed by atoms with E-state index in [1.54, 1.807) is 7.11 Å². The highest BCUT2D eigenvalue weighted by atomic mass is 16.5. The van der Waals surface area contributed by atoms with Crippen LogP contribution in [-0.2, 0) is 14.2 Å². The highest BCUT2D eigenvalue weighted by Gasteiger charge is 2.38. The van der Waals surface area contributed by atoms with Gasteiger partial charge in [-0.05, 0) is 31.6 Å². The van der Waals surface area contributed by atoms with Crippen molar-refractivity contribution in [2.45, 2.75) is 44.2 Å². The van der Waals surface area contributed by atoms with Crippen molar-refractivity contribution >= 4 is 0 Å². The van der Waals surface area contributed by atoms with Crippen LogP contribution in [0, 0.1) is 5.92 Å². The maximum Gasteiger partial charge on any atom is 0.0741 e. The summed E-state index contributed by atoms with van der Waals surface area (Å²) >= 11 is 0. The van der Waals surface area contributed by atoms with Crippen molar-refractivity contribution in [2.75, 3.05) is 40.1 Å². The second-order valence-corrected chi connectivity index (χ2v) is 5.80. The Morgan fingerprint density at radius 3 is 2.83 bits per heavy atom. The van der Waals surface area contributed by atoms with Gasteiger partial charge in [0.2, 0.25) is 0 Å². The van der Waals surface area contributed by atoms with Gasteiger partial charge in [-0.1, -0.05) is 6.92 Å². The lowest BCUT2D eigenvalue weighted by atomic mass is 9.84. The van der Waals surface area contributed by atoms with Crippen molar-refractivity contribution in [3.8, 4) is 0 Å². The maximum atomic E-state index is 6.05. The number of nitrogens with one attached hydrogen (secondary N) is 1. The second-order valence-electron chi connectivity index (χ2n) is 5.80. The quantitative estimate of drug-likeness (QED) is 0.812. The zero-order valence-electron chi connectivity index (χ0n) is 11.7. The lowest BCUT2D eigenvalue weighted by Gasteiger charge is -2.43. The van der Waals surface area contributed by atoms with Crippen LogP contribution < -0.4 is 5.32 Å². The van der Waals surface area contributed by atoms with Gasteiger partial charge in [0, 0.05) is 46.1 Å². The summed E-state index contributed by atoms with van der Waals surface area (Å²) in [4.78, 5) is 0. The number of rotatable bonds is 5. The number of methoxy groups -OCH3 is 1. The van der Waals surface area contributed by atoms with Crippen LogP contribution in [0.15, 0.2) is 0 Å². The number of hydrogen-bond donors (Lipinski definition) is 1. The molecule has 106 valence electrons. The van der Waals surface area contributed by atoms with Crippen molar-refractivity contribution in [1.82, 2.24) is 5.32 Å². The van der Waals surface area contributed by atoms with Crippen LogP contribution in [0.2, 0.25) is 0 Å². The van der Waals surface area contributed by atoms with Gasteiger partial charge in [0.25, 0.3) is 0 Å². The monoisotopic (exact) mass is 257 g/mol. The average molecular weight is 257 g/mol. The first-order valence-electron chi connectivity index (χ1n) is 7.18. The topological polar surface area (TPSA) is 39.7 Å². The van der Waals surface area contributed by atoms with Crippen LogP contribution in [0.25, 0.3) is 0 Å². The molecule has 0 aromatic carbocycles. The predicted molar refractivity (Wildman–Crippen MR) is 70.8 cm³/mol. The molecule has 2 fully saturated rings. The summed E-state index contributed by atoms with van der Waals surface area (Å²) < 4.78 is 16.7. The zero-order valence-corrected chi connectivity index (χ0v) is 11.7. The molecule has 1 N–H and O–H groups in total. The molecule has 0 aromatic rings. The van der Waals surface area contributed by atoms with E-state index in [2.05, 4.69) is 12.2 Å². The fourth-order valence-corrected chi connectivity index (χ4v) is 3.01. The Labute approximate surface area is 110 Å². The largest absolute Gasteiger partial charge is 0.384 e. The zero-order chi connectivity index (χ0) is 12.8. The summed E-state index contributed by atoms with van der Waals surface area (Å²) in [6.07, 6.45) is 4.37. The number of ether oxygens (including phenoxy) is 3. The Hall–Kier alpha value is -0.160. The first kappa shape index (κ1) is 14.3. The Morgan fingerprint density at radius 2 is 2.11 bits per heavy atom. The van der Waals surface area contributed by atoms with E-state index in [0.717, 1.165) is 58.7 Å². The van der Waals surface area contributed by atoms with E-state index in [4.69, 9.17) is 14.2 Å². The van der Waals surface area contributed by atoms with Gasteiger partial charge in [0.15, 0.2) is 0 Å². The lowest BCUT2D eigenvalue weighted by Crippen LogP contribution is -2.50. The molecule has 2 aliphatic heterocycles. The van der Waals surface area contributed by atoms with Gasteiger partial charge in [-0.25, -0.2) is 0 Å². The molecule has 2 aliphatic rings. The summed E-state index contributed by atoms with van der Waals surface area (Å²) in [6.45, 7) is 6.68. The van der Waals surface area contributed by atoms with Crippen molar-refractivity contribution in [3.63, 3.8) is 0 Å². The molecule has 0 aromatic heterocycles. The minimum absolute atomic E-state index is 0.0959. The maximum absolute atomic E-state index is 6.05. The van der Waals surface area contributed by atoms with Gasteiger partial charge in [-0.15, -0.1) is 0 Å². The third kappa shape index (κ3) is 3.92. The fourth-order valence-electron chi connectivity index (χ4n) is 3.01. The molecule has 2 rings (SSSR count). The van der Waals surface area contributed by atoms with Gasteiger partial charge in [-0.3, -0.25) is 0 Å². The summed E-state index contributed by atoms with van der Waals surface area (Å²) in [5, 5.41) is 3.68. The Balaban J connectivity index is 1.76. The van der Waals surface area contributed by atoms with Gasteiger partial charge in [0.1, 0.15) is 0 Å². The molecule has 0 saturated carbocycles. The molecule has 2 heterocycles. The molecule has 0 aliphatic carbocycles. The molecule has 0 bridgehead atoms. The third-order valence-corrected chi connectivity index (χ3v) is 4.10. The Kier molecular flexibility index (Phi) is 5.42. The van der Waals surface area contributed by atoms with Crippen molar-refractivity contribution in [2.24, 2.45) is 5.92 Å². The van der Waals surface area contributed by atoms with E-state index in [-0.39, 0.29) is 5.60 Å². The van der Waals surface area contributed by atoms with E-state index >= 15 is 0 Å². The first-order chi connectivity index (χ1) is 8.74. The van der Waals surface area contributed by atoms with Crippen LogP contribution in [-0.4, -0.2) is 51.7 Å². The van der Waals surface area contributed by atoms with E-state index in [1.165, 1.54) is 0 Å². The van der Waals surface area contributed by atoms with Crippen LogP contribution in [0.1, 0.15) is 32.6 Å². The average Bonchev–Trinajstić information content (AvgIpc) is 2.38. The smallest absolute Gasteiger partial charge is 0.0741 e. The molecule has 2 unspecified atom stereocenters. The minimum Gasteiger partial charge on any atom is -0.384 e. The normalized spacial score (nSPS) is 29.3. The summed E-state index contributed by atoms with van der Waals surface area (Å²) in [5.74, 6) is 0.573. The summed E-state index contributed by atoms with van der Waals surface area (Å²) in [6, 6.07) is 0.594. The van der Waals surface area contributed by atoms with Gasteiger partial charge in [-0.2, -0.15) is 0 Å². The van der Waals surface area contributed by atoms with Crippen molar-refractivity contribution in [1.29, 1.82) is 0 Å². The molecule has 18 heavy (non-hydrogen) atoms. The molecule has 1 spiro atoms. The van der Waals surface area contributed by atoms with E-state index in [9.17, 15) is 0 Å². The molecule has 0 amide bonds. The van der Waals surface area contributed by atoms with Crippen molar-refractivity contribution in [3.05, 3.63) is 0 Å². The highest BCUT2D eigenvalue weighted by Crippen LogP contribution is 2.34. The molecule has 2 saturated heterocycles. The highest BCUT2D eigenvalue weighted by molar-refractivity contribution is 4.91. The van der Waals surface area contributed by atoms with Crippen LogP contribution in [0.4, 0.5) is 0 Å². The molecule has 0 radical (unpaired) electrons. The molecular weight excluding hydrogens is 230 g/mol. The standard InChI is InChI=1S/C14H27NO3/c1-12(11-16-2)10-15-13-3-6-18-14(9-13)4-7-17-8-5-14/h12-13,15H,3-11H2,1-2H3. The van der Waals surface area contributed by atoms with Crippen molar-refractivity contribution < 1.29 is 14.2 Å². The van der Waals surface area contributed by atoms with Crippen LogP contribution >= 0.6 is 0 Å². The second kappa shape index (κ2) is 6.85. The van der Waals surface area contributed by atoms with Gasteiger partial charge < -0.3 is 19.5 Å². The van der Waals surface area contributed by atoms with Crippen LogP contribution in [0.3, 0.4) is 0 Å². The molecular formula is C14H27NO3. The number of hydrogen-bond acceptors (Lipinski definition) is 4. The first-order valence-corrected chi connectivity index (χ1v) is 7.18.